The largest absolute Gasteiger partial charge is 0.417 e. The second kappa shape index (κ2) is 5.62. The number of anilines is 1. The van der Waals surface area contributed by atoms with Gasteiger partial charge in [-0.25, -0.2) is 4.98 Å². The molecule has 1 aliphatic rings. The summed E-state index contributed by atoms with van der Waals surface area (Å²) in [7, 11) is 0. The lowest BCUT2D eigenvalue weighted by Gasteiger charge is -2.22. The molecule has 0 aromatic carbocycles. The van der Waals surface area contributed by atoms with Gasteiger partial charge in [-0.2, -0.15) is 13.2 Å². The zero-order valence-corrected chi connectivity index (χ0v) is 11.6. The number of nitrogen functional groups attached to an aromatic ring is 1. The minimum Gasteiger partial charge on any atom is -0.384 e. The average molecular weight is 312 g/mol. The molecule has 1 fully saturated rings. The van der Waals surface area contributed by atoms with Crippen molar-refractivity contribution in [2.24, 2.45) is 0 Å². The molecular formula is C14H15F3N4O. The number of hydrogen-bond acceptors (Lipinski definition) is 4. The highest BCUT2D eigenvalue weighted by atomic mass is 19.4. The maximum Gasteiger partial charge on any atom is 0.417 e. The Morgan fingerprint density at radius 2 is 2.14 bits per heavy atom. The van der Waals surface area contributed by atoms with Crippen molar-refractivity contribution in [1.29, 1.82) is 0 Å². The Labute approximate surface area is 124 Å². The minimum absolute atomic E-state index is 0.0308. The number of hydrogen-bond donors (Lipinski definition) is 3. The molecule has 2 aromatic rings. The normalized spacial score (nSPS) is 19.3. The van der Waals surface area contributed by atoms with Crippen LogP contribution < -0.4 is 11.1 Å². The van der Waals surface area contributed by atoms with Gasteiger partial charge in [-0.1, -0.05) is 0 Å². The number of aromatic nitrogens is 2. The molecule has 1 atom stereocenters. The first-order chi connectivity index (χ1) is 10.4. The molecule has 3 rings (SSSR count). The molecule has 1 aliphatic heterocycles. The molecule has 2 aromatic heterocycles. The molecular weight excluding hydrogens is 297 g/mol. The van der Waals surface area contributed by atoms with E-state index in [4.69, 9.17) is 10.5 Å². The van der Waals surface area contributed by atoms with Crippen LogP contribution in [-0.2, 0) is 10.9 Å². The summed E-state index contributed by atoms with van der Waals surface area (Å²) in [6.45, 7) is 1.97. The molecule has 8 heteroatoms. The Morgan fingerprint density at radius 1 is 1.32 bits per heavy atom. The van der Waals surface area contributed by atoms with Gasteiger partial charge in [0.25, 0.3) is 0 Å². The fraction of sp³-hybridized carbons (Fsp3) is 0.357. The van der Waals surface area contributed by atoms with Gasteiger partial charge in [-0.05, 0) is 12.1 Å². The number of aromatic amines is 1. The van der Waals surface area contributed by atoms with E-state index in [9.17, 15) is 13.2 Å². The highest BCUT2D eigenvalue weighted by Crippen LogP contribution is 2.37. The van der Waals surface area contributed by atoms with Crippen LogP contribution in [0.1, 0.15) is 17.2 Å². The van der Waals surface area contributed by atoms with Crippen molar-refractivity contribution in [3.63, 3.8) is 0 Å². The van der Waals surface area contributed by atoms with E-state index in [1.54, 1.807) is 12.3 Å². The molecule has 0 saturated carbocycles. The fourth-order valence-corrected chi connectivity index (χ4v) is 2.45. The molecule has 0 radical (unpaired) electrons. The van der Waals surface area contributed by atoms with E-state index in [0.29, 0.717) is 18.8 Å². The third kappa shape index (κ3) is 2.93. The number of alkyl halides is 3. The first-order valence-corrected chi connectivity index (χ1v) is 6.79. The zero-order chi connectivity index (χ0) is 15.7. The lowest BCUT2D eigenvalue weighted by Crippen LogP contribution is -2.33. The molecule has 0 aliphatic carbocycles. The Kier molecular flexibility index (Phi) is 3.79. The number of H-pyrrole nitrogens is 1. The van der Waals surface area contributed by atoms with Crippen molar-refractivity contribution in [1.82, 2.24) is 15.3 Å². The van der Waals surface area contributed by atoms with Crippen molar-refractivity contribution in [2.45, 2.75) is 12.3 Å². The molecule has 0 bridgehead atoms. The number of nitrogens with two attached hydrogens (primary N) is 1. The number of nitrogens with one attached hydrogen (secondary N) is 2. The van der Waals surface area contributed by atoms with E-state index >= 15 is 0 Å². The summed E-state index contributed by atoms with van der Waals surface area (Å²) in [5, 5.41) is 3.18. The molecule has 118 valence electrons. The van der Waals surface area contributed by atoms with Crippen molar-refractivity contribution in [2.75, 3.05) is 25.4 Å². The van der Waals surface area contributed by atoms with Gasteiger partial charge >= 0.3 is 6.18 Å². The van der Waals surface area contributed by atoms with Gasteiger partial charge < -0.3 is 20.8 Å². The van der Waals surface area contributed by atoms with E-state index in [1.165, 1.54) is 0 Å². The first kappa shape index (κ1) is 14.9. The van der Waals surface area contributed by atoms with Crippen LogP contribution in [0, 0.1) is 0 Å². The second-order valence-electron chi connectivity index (χ2n) is 5.06. The van der Waals surface area contributed by atoms with Crippen molar-refractivity contribution in [3.05, 3.63) is 35.7 Å². The van der Waals surface area contributed by atoms with Crippen LogP contribution in [0.4, 0.5) is 19.0 Å². The summed E-state index contributed by atoms with van der Waals surface area (Å²) in [4.78, 5) is 6.63. The highest BCUT2D eigenvalue weighted by Gasteiger charge is 2.34. The van der Waals surface area contributed by atoms with Crippen LogP contribution in [0.25, 0.3) is 11.3 Å². The number of nitrogens with zero attached hydrogens (tertiary/aromatic N) is 1. The molecule has 0 spiro atoms. The average Bonchev–Trinajstić information content (AvgIpc) is 2.97. The number of pyridine rings is 1. The summed E-state index contributed by atoms with van der Waals surface area (Å²) >= 11 is 0. The van der Waals surface area contributed by atoms with Gasteiger partial charge in [0.2, 0.25) is 0 Å². The first-order valence-electron chi connectivity index (χ1n) is 6.79. The minimum atomic E-state index is -4.50. The van der Waals surface area contributed by atoms with E-state index in [1.807, 2.05) is 0 Å². The van der Waals surface area contributed by atoms with Gasteiger partial charge in [0.05, 0.1) is 18.3 Å². The van der Waals surface area contributed by atoms with Crippen molar-refractivity contribution >= 4 is 5.82 Å². The van der Waals surface area contributed by atoms with E-state index in [0.717, 1.165) is 24.4 Å². The lowest BCUT2D eigenvalue weighted by molar-refractivity contribution is -0.137. The number of rotatable bonds is 2. The molecule has 4 N–H and O–H groups in total. The predicted molar refractivity (Wildman–Crippen MR) is 75.0 cm³/mol. The van der Waals surface area contributed by atoms with Crippen LogP contribution >= 0.6 is 0 Å². The SMILES string of the molecule is Nc1cc(C(F)(F)F)c(-c2cc(C3CNCCO3)c[nH]2)cn1. The molecule has 3 heterocycles. The number of halogens is 3. The molecule has 1 saturated heterocycles. The Bertz CT molecular complexity index is 662. The van der Waals surface area contributed by atoms with Crippen LogP contribution in [0.5, 0.6) is 0 Å². The van der Waals surface area contributed by atoms with Gasteiger partial charge in [0, 0.05) is 42.3 Å². The Balaban J connectivity index is 1.96. The topological polar surface area (TPSA) is 76.0 Å². The van der Waals surface area contributed by atoms with Gasteiger partial charge in [0.1, 0.15) is 5.82 Å². The fourth-order valence-electron chi connectivity index (χ4n) is 2.45. The second-order valence-corrected chi connectivity index (χ2v) is 5.06. The number of morpholine rings is 1. The Morgan fingerprint density at radius 3 is 2.82 bits per heavy atom. The third-order valence-electron chi connectivity index (χ3n) is 3.53. The maximum absolute atomic E-state index is 13.1. The maximum atomic E-state index is 13.1. The standard InChI is InChI=1S/C14H15F3N4O/c15-14(16,17)10-4-13(18)21-6-9(10)11-3-8(5-20-11)12-7-19-1-2-22-12/h3-6,12,19-20H,1-2,7H2,(H2,18,21). The summed E-state index contributed by atoms with van der Waals surface area (Å²) in [6, 6.07) is 2.49. The van der Waals surface area contributed by atoms with Crippen molar-refractivity contribution in [3.8, 4) is 11.3 Å². The van der Waals surface area contributed by atoms with Crippen LogP contribution in [0.15, 0.2) is 24.5 Å². The summed E-state index contributed by atoms with van der Waals surface area (Å²) in [5.41, 5.74) is 5.67. The quantitative estimate of drug-likeness (QED) is 0.795. The monoisotopic (exact) mass is 312 g/mol. The van der Waals surface area contributed by atoms with E-state index in [-0.39, 0.29) is 17.5 Å². The van der Waals surface area contributed by atoms with Crippen molar-refractivity contribution < 1.29 is 17.9 Å². The number of ether oxygens (including phenoxy) is 1. The summed E-state index contributed by atoms with van der Waals surface area (Å²) in [5.74, 6) is -0.164. The van der Waals surface area contributed by atoms with Gasteiger partial charge in [-0.15, -0.1) is 0 Å². The van der Waals surface area contributed by atoms with E-state index < -0.39 is 11.7 Å². The van der Waals surface area contributed by atoms with E-state index in [2.05, 4.69) is 15.3 Å². The molecule has 22 heavy (non-hydrogen) atoms. The van der Waals surface area contributed by atoms with Crippen LogP contribution in [0.2, 0.25) is 0 Å². The lowest BCUT2D eigenvalue weighted by atomic mass is 10.1. The molecule has 0 amide bonds. The molecule has 1 unspecified atom stereocenters. The smallest absolute Gasteiger partial charge is 0.384 e. The van der Waals surface area contributed by atoms with Gasteiger partial charge in [0.15, 0.2) is 0 Å². The van der Waals surface area contributed by atoms with Crippen LogP contribution in [0.3, 0.4) is 0 Å². The Hall–Kier alpha value is -2.06. The summed E-state index contributed by atoms with van der Waals surface area (Å²) < 4.78 is 45.0. The highest BCUT2D eigenvalue weighted by molar-refractivity contribution is 5.66. The third-order valence-corrected chi connectivity index (χ3v) is 3.53. The molecule has 5 nitrogen and oxygen atoms in total. The van der Waals surface area contributed by atoms with Gasteiger partial charge in [-0.3, -0.25) is 0 Å². The zero-order valence-electron chi connectivity index (χ0n) is 11.6. The summed E-state index contributed by atoms with van der Waals surface area (Å²) in [6.07, 6.45) is -1.88. The van der Waals surface area contributed by atoms with Crippen LogP contribution in [-0.4, -0.2) is 29.7 Å². The predicted octanol–water partition coefficient (Wildman–Crippen LogP) is 2.34.